The number of ether oxygens (including phenoxy) is 2. The molecule has 11 heteroatoms. The number of nitrogens with one attached hydrogen (secondary N) is 2. The number of benzene rings is 1. The smallest absolute Gasteiger partial charge is 0.261 e. The normalized spacial score (nSPS) is 21.9. The Morgan fingerprint density at radius 1 is 1.31 bits per heavy atom. The molecule has 0 saturated carbocycles. The summed E-state index contributed by atoms with van der Waals surface area (Å²) in [6, 6.07) is 10.2. The van der Waals surface area contributed by atoms with Gasteiger partial charge in [-0.1, -0.05) is 35.4 Å². The van der Waals surface area contributed by atoms with Crippen LogP contribution in [0.3, 0.4) is 0 Å². The van der Waals surface area contributed by atoms with Crippen molar-refractivity contribution in [3.8, 4) is 11.3 Å². The first-order valence-corrected chi connectivity index (χ1v) is 11.9. The third-order valence-corrected chi connectivity index (χ3v) is 6.31. The second-order valence-corrected chi connectivity index (χ2v) is 9.09. The average Bonchev–Trinajstić information content (AvgIpc) is 3.49. The van der Waals surface area contributed by atoms with Crippen LogP contribution in [-0.2, 0) is 14.3 Å². The van der Waals surface area contributed by atoms with Gasteiger partial charge in [0.1, 0.15) is 5.82 Å². The molecule has 1 saturated heterocycles. The maximum Gasteiger partial charge on any atom is 0.261 e. The lowest BCUT2D eigenvalue weighted by molar-refractivity contribution is -0.124. The van der Waals surface area contributed by atoms with Crippen molar-refractivity contribution < 1.29 is 14.3 Å². The van der Waals surface area contributed by atoms with Gasteiger partial charge in [-0.15, -0.1) is 0 Å². The molecule has 1 aromatic heterocycles. The SMILES string of the molecule is COCCNC(=O)C1(Cl)C=C2N=C(n3ccc(-c4cccc(C)c4)n3)C=C(N3CCOCC3)N2N1. The molecule has 1 amide bonds. The number of nitrogens with zero attached hydrogens (tertiary/aromatic N) is 5. The number of alkyl halides is 1. The van der Waals surface area contributed by atoms with Gasteiger partial charge in [0, 0.05) is 50.7 Å². The molecule has 1 atom stereocenters. The van der Waals surface area contributed by atoms with E-state index in [1.54, 1.807) is 22.9 Å². The number of aliphatic imine (C=N–C) groups is 1. The van der Waals surface area contributed by atoms with E-state index in [4.69, 9.17) is 31.2 Å². The fourth-order valence-electron chi connectivity index (χ4n) is 4.15. The van der Waals surface area contributed by atoms with Gasteiger partial charge in [-0.3, -0.25) is 4.79 Å². The third-order valence-electron chi connectivity index (χ3n) is 5.94. The largest absolute Gasteiger partial charge is 0.383 e. The van der Waals surface area contributed by atoms with Gasteiger partial charge in [0.25, 0.3) is 5.91 Å². The maximum atomic E-state index is 12.9. The fraction of sp³-hybridized carbons (Fsp3) is 0.375. The van der Waals surface area contributed by atoms with Gasteiger partial charge >= 0.3 is 0 Å². The molecule has 184 valence electrons. The lowest BCUT2D eigenvalue weighted by atomic mass is 10.1. The molecule has 1 aromatic carbocycles. The van der Waals surface area contributed by atoms with Crippen LogP contribution in [0.4, 0.5) is 0 Å². The number of carbonyl (C=O) groups is 1. The second-order valence-electron chi connectivity index (χ2n) is 8.50. The molecule has 10 nitrogen and oxygen atoms in total. The number of hydrazine groups is 1. The van der Waals surface area contributed by atoms with Crippen LogP contribution in [0.2, 0.25) is 0 Å². The van der Waals surface area contributed by atoms with Crippen molar-refractivity contribution in [2.24, 2.45) is 4.99 Å². The molecular formula is C24H28ClN7O3. The topological polar surface area (TPSA) is 96.2 Å². The summed E-state index contributed by atoms with van der Waals surface area (Å²) in [4.78, 5) is 18.3. The van der Waals surface area contributed by atoms with Crippen LogP contribution in [0.15, 0.2) is 65.3 Å². The van der Waals surface area contributed by atoms with Crippen molar-refractivity contribution in [2.45, 2.75) is 11.9 Å². The highest BCUT2D eigenvalue weighted by atomic mass is 35.5. The molecule has 3 aliphatic rings. The Balaban J connectivity index is 1.48. The van der Waals surface area contributed by atoms with E-state index in [2.05, 4.69) is 34.7 Å². The summed E-state index contributed by atoms with van der Waals surface area (Å²) < 4.78 is 12.3. The minimum atomic E-state index is -1.48. The van der Waals surface area contributed by atoms with Crippen LogP contribution in [0.1, 0.15) is 5.56 Å². The summed E-state index contributed by atoms with van der Waals surface area (Å²) in [5.74, 6) is 1.59. The van der Waals surface area contributed by atoms with Gasteiger partial charge in [0.05, 0.1) is 25.5 Å². The Bertz CT molecular complexity index is 1200. The average molecular weight is 498 g/mol. The molecule has 0 aliphatic carbocycles. The van der Waals surface area contributed by atoms with Gasteiger partial charge < -0.3 is 19.7 Å². The number of aromatic nitrogens is 2. The van der Waals surface area contributed by atoms with Gasteiger partial charge in [-0.25, -0.2) is 14.7 Å². The number of halogens is 1. The van der Waals surface area contributed by atoms with E-state index in [1.807, 2.05) is 30.5 Å². The lowest BCUT2D eigenvalue weighted by Gasteiger charge is -2.38. The Kier molecular flexibility index (Phi) is 6.61. The van der Waals surface area contributed by atoms with Crippen molar-refractivity contribution in [2.75, 3.05) is 46.6 Å². The van der Waals surface area contributed by atoms with E-state index in [0.717, 1.165) is 17.1 Å². The van der Waals surface area contributed by atoms with Crippen molar-refractivity contribution in [1.82, 2.24) is 30.4 Å². The number of fused-ring (bicyclic) bond motifs is 1. The molecule has 1 unspecified atom stereocenters. The zero-order valence-electron chi connectivity index (χ0n) is 19.7. The fourth-order valence-corrected chi connectivity index (χ4v) is 4.39. The maximum absolute atomic E-state index is 12.9. The molecular weight excluding hydrogens is 470 g/mol. The number of carbonyl (C=O) groups excluding carboxylic acids is 1. The van der Waals surface area contributed by atoms with Gasteiger partial charge in [-0.2, -0.15) is 10.5 Å². The third kappa shape index (κ3) is 4.83. The Hall–Kier alpha value is -3.18. The molecule has 2 aromatic rings. The highest BCUT2D eigenvalue weighted by Crippen LogP contribution is 2.33. The van der Waals surface area contributed by atoms with E-state index in [0.29, 0.717) is 51.1 Å². The van der Waals surface area contributed by atoms with Crippen LogP contribution in [0.25, 0.3) is 11.3 Å². The Morgan fingerprint density at radius 3 is 2.91 bits per heavy atom. The Labute approximate surface area is 208 Å². The second kappa shape index (κ2) is 9.82. The number of aryl methyl sites for hydroxylation is 1. The number of hydrogen-bond donors (Lipinski definition) is 2. The van der Waals surface area contributed by atoms with E-state index in [1.165, 1.54) is 5.56 Å². The van der Waals surface area contributed by atoms with Gasteiger partial charge in [0.15, 0.2) is 11.7 Å². The van der Waals surface area contributed by atoms with Crippen LogP contribution in [0, 0.1) is 6.92 Å². The van der Waals surface area contributed by atoms with E-state index in [9.17, 15) is 4.79 Å². The summed E-state index contributed by atoms with van der Waals surface area (Å²) >= 11 is 6.73. The molecule has 0 radical (unpaired) electrons. The van der Waals surface area contributed by atoms with Crippen LogP contribution in [0.5, 0.6) is 0 Å². The summed E-state index contributed by atoms with van der Waals surface area (Å²) in [7, 11) is 1.58. The molecule has 1 fully saturated rings. The first kappa shape index (κ1) is 23.6. The van der Waals surface area contributed by atoms with Crippen molar-refractivity contribution in [3.05, 3.63) is 65.9 Å². The predicted molar refractivity (Wildman–Crippen MR) is 132 cm³/mol. The lowest BCUT2D eigenvalue weighted by Crippen LogP contribution is -2.55. The summed E-state index contributed by atoms with van der Waals surface area (Å²) in [5.41, 5.74) is 6.17. The van der Waals surface area contributed by atoms with E-state index in [-0.39, 0.29) is 5.91 Å². The summed E-state index contributed by atoms with van der Waals surface area (Å²) in [6.07, 6.45) is 5.44. The molecule has 0 spiro atoms. The summed E-state index contributed by atoms with van der Waals surface area (Å²) in [5, 5.41) is 9.31. The van der Waals surface area contributed by atoms with Crippen LogP contribution >= 0.6 is 11.6 Å². The number of morpholine rings is 1. The predicted octanol–water partition coefficient (Wildman–Crippen LogP) is 1.65. The number of allylic oxidation sites excluding steroid dienone is 1. The summed E-state index contributed by atoms with van der Waals surface area (Å²) in [6.45, 7) is 5.42. The van der Waals surface area contributed by atoms with E-state index >= 15 is 0 Å². The zero-order chi connectivity index (χ0) is 24.4. The van der Waals surface area contributed by atoms with Crippen molar-refractivity contribution in [1.29, 1.82) is 0 Å². The standard InChI is InChI=1S/C24H28ClN7O3/c1-17-4-3-5-18(14-17)19-6-8-31(28-19)20-15-22(30-9-12-35-13-10-30)32-21(27-20)16-24(25,29-32)23(33)26-7-11-34-2/h3-6,8,14-16,29H,7,9-13H2,1-2H3,(H,26,33). The molecule has 3 aliphatic heterocycles. The monoisotopic (exact) mass is 497 g/mol. The first-order valence-electron chi connectivity index (χ1n) is 11.5. The number of methoxy groups -OCH3 is 1. The quantitative estimate of drug-likeness (QED) is 0.356. The minimum Gasteiger partial charge on any atom is -0.383 e. The number of hydrogen-bond acceptors (Lipinski definition) is 8. The van der Waals surface area contributed by atoms with Crippen molar-refractivity contribution >= 4 is 23.3 Å². The number of rotatable bonds is 6. The van der Waals surface area contributed by atoms with Crippen LogP contribution in [-0.4, -0.2) is 83.0 Å². The molecule has 2 N–H and O–H groups in total. The first-order chi connectivity index (χ1) is 17.0. The molecule has 35 heavy (non-hydrogen) atoms. The highest BCUT2D eigenvalue weighted by molar-refractivity contribution is 6.36. The number of amides is 1. The molecule has 5 rings (SSSR count). The minimum absolute atomic E-state index is 0.352. The Morgan fingerprint density at radius 2 is 2.14 bits per heavy atom. The van der Waals surface area contributed by atoms with Crippen LogP contribution < -0.4 is 10.7 Å². The van der Waals surface area contributed by atoms with E-state index < -0.39 is 5.00 Å². The van der Waals surface area contributed by atoms with Gasteiger partial charge in [0.2, 0.25) is 5.00 Å². The molecule has 4 heterocycles. The zero-order valence-corrected chi connectivity index (χ0v) is 20.5. The molecule has 0 bridgehead atoms. The van der Waals surface area contributed by atoms with Gasteiger partial charge in [-0.05, 0) is 19.1 Å². The van der Waals surface area contributed by atoms with Crippen molar-refractivity contribution in [3.63, 3.8) is 0 Å². The highest BCUT2D eigenvalue weighted by Gasteiger charge is 2.45.